The van der Waals surface area contributed by atoms with Gasteiger partial charge in [0.2, 0.25) is 0 Å². The van der Waals surface area contributed by atoms with Crippen LogP contribution < -0.4 is 9.47 Å². The summed E-state index contributed by atoms with van der Waals surface area (Å²) in [4.78, 5) is 12.2. The zero-order chi connectivity index (χ0) is 31.1. The van der Waals surface area contributed by atoms with Gasteiger partial charge in [-0.05, 0) is 25.0 Å². The van der Waals surface area contributed by atoms with Crippen LogP contribution in [0.15, 0.2) is 18.2 Å². The van der Waals surface area contributed by atoms with Crippen molar-refractivity contribution < 1.29 is 19.0 Å². The van der Waals surface area contributed by atoms with E-state index in [-0.39, 0.29) is 5.97 Å². The molecule has 0 amide bonds. The molecule has 0 fully saturated rings. The van der Waals surface area contributed by atoms with Crippen molar-refractivity contribution in [3.63, 3.8) is 0 Å². The van der Waals surface area contributed by atoms with Gasteiger partial charge < -0.3 is 14.2 Å². The maximum absolute atomic E-state index is 12.2. The van der Waals surface area contributed by atoms with E-state index in [1.54, 1.807) is 12.1 Å². The molecule has 0 saturated heterocycles. The van der Waals surface area contributed by atoms with E-state index < -0.39 is 0 Å². The van der Waals surface area contributed by atoms with Crippen LogP contribution >= 0.6 is 0 Å². The summed E-state index contributed by atoms with van der Waals surface area (Å²) in [6.07, 6.45) is 36.2. The van der Waals surface area contributed by atoms with Gasteiger partial charge in [-0.25, -0.2) is 4.79 Å². The summed E-state index contributed by atoms with van der Waals surface area (Å²) in [5.41, 5.74) is 0.487. The van der Waals surface area contributed by atoms with E-state index in [2.05, 4.69) is 13.8 Å². The molecule has 0 heterocycles. The number of hydrogen-bond acceptors (Lipinski definition) is 4. The fourth-order valence-electron chi connectivity index (χ4n) is 5.77. The number of unbranched alkanes of at least 4 members (excludes halogenated alkanes) is 25. The van der Waals surface area contributed by atoms with Crippen LogP contribution in [0.1, 0.15) is 198 Å². The minimum atomic E-state index is -0.354. The number of carbonyl (C=O) groups excluding carboxylic acids is 1. The summed E-state index contributed by atoms with van der Waals surface area (Å²) in [5, 5.41) is 0. The number of carbonyl (C=O) groups is 1. The summed E-state index contributed by atoms with van der Waals surface area (Å²) in [6.45, 7) is 5.89. The third-order valence-corrected chi connectivity index (χ3v) is 8.58. The van der Waals surface area contributed by atoms with E-state index in [1.807, 2.05) is 6.07 Å². The number of benzene rings is 1. The molecule has 0 spiro atoms. The van der Waals surface area contributed by atoms with Gasteiger partial charge in [-0.3, -0.25) is 0 Å². The third kappa shape index (κ3) is 24.3. The molecule has 0 aromatic heterocycles. The van der Waals surface area contributed by atoms with Gasteiger partial charge in [0.15, 0.2) is 0 Å². The lowest BCUT2D eigenvalue weighted by Crippen LogP contribution is -2.05. The van der Waals surface area contributed by atoms with E-state index in [0.29, 0.717) is 30.3 Å². The highest BCUT2D eigenvalue weighted by Gasteiger charge is 2.11. The van der Waals surface area contributed by atoms with Crippen LogP contribution in [0.25, 0.3) is 0 Å². The van der Waals surface area contributed by atoms with E-state index in [0.717, 1.165) is 12.8 Å². The maximum Gasteiger partial charge on any atom is 0.338 e. The molecule has 1 aromatic carbocycles. The van der Waals surface area contributed by atoms with Gasteiger partial charge in [0.05, 0.1) is 25.9 Å². The molecule has 1 aromatic rings. The highest BCUT2D eigenvalue weighted by atomic mass is 16.5. The van der Waals surface area contributed by atoms with E-state index in [1.165, 1.54) is 168 Å². The van der Waals surface area contributed by atoms with Crippen molar-refractivity contribution in [1.82, 2.24) is 0 Å². The van der Waals surface area contributed by atoms with Gasteiger partial charge in [0.1, 0.15) is 11.5 Å². The molecule has 0 unspecified atom stereocenters. The molecule has 0 radical (unpaired) electrons. The van der Waals surface area contributed by atoms with Crippen molar-refractivity contribution in [3.05, 3.63) is 23.8 Å². The van der Waals surface area contributed by atoms with Crippen LogP contribution in [-0.4, -0.2) is 26.3 Å². The molecule has 0 aliphatic heterocycles. The normalized spacial score (nSPS) is 11.1. The lowest BCUT2D eigenvalue weighted by atomic mass is 10.0. The summed E-state index contributed by atoms with van der Waals surface area (Å²) < 4.78 is 17.0. The minimum absolute atomic E-state index is 0.354. The zero-order valence-corrected chi connectivity index (χ0v) is 28.9. The smallest absolute Gasteiger partial charge is 0.338 e. The molecule has 0 aliphatic rings. The van der Waals surface area contributed by atoms with Crippen LogP contribution in [0, 0.1) is 0 Å². The fraction of sp³-hybridized carbons (Fsp3) is 0.821. The van der Waals surface area contributed by atoms with Crippen molar-refractivity contribution in [3.8, 4) is 11.5 Å². The quantitative estimate of drug-likeness (QED) is 0.0608. The van der Waals surface area contributed by atoms with Crippen LogP contribution in [0.4, 0.5) is 0 Å². The maximum atomic E-state index is 12.2. The van der Waals surface area contributed by atoms with Crippen molar-refractivity contribution in [2.24, 2.45) is 0 Å². The van der Waals surface area contributed by atoms with Gasteiger partial charge >= 0.3 is 5.97 Å². The van der Waals surface area contributed by atoms with Crippen LogP contribution in [0.5, 0.6) is 11.5 Å². The molecule has 0 atom stereocenters. The first-order valence-corrected chi connectivity index (χ1v) is 18.7. The lowest BCUT2D eigenvalue weighted by Gasteiger charge is -2.12. The average Bonchev–Trinajstić information content (AvgIpc) is 3.02. The highest BCUT2D eigenvalue weighted by molar-refractivity contribution is 5.90. The Morgan fingerprint density at radius 2 is 0.721 bits per heavy atom. The Morgan fingerprint density at radius 1 is 0.442 bits per heavy atom. The molecule has 4 heteroatoms. The van der Waals surface area contributed by atoms with E-state index in [9.17, 15) is 4.79 Å². The van der Waals surface area contributed by atoms with Crippen molar-refractivity contribution in [2.45, 2.75) is 187 Å². The summed E-state index contributed by atoms with van der Waals surface area (Å²) in [5.74, 6) is 1.03. The number of ether oxygens (including phenoxy) is 3. The molecule has 1 rings (SSSR count). The SMILES string of the molecule is CCCCCCCCCCCCCCCCCCOc1cc(OCCCCCCCCCCCCC)cc(C(=O)OC)c1. The first-order chi connectivity index (χ1) is 21.2. The van der Waals surface area contributed by atoms with E-state index in [4.69, 9.17) is 14.2 Å². The Bertz CT molecular complexity index is 747. The molecule has 4 nitrogen and oxygen atoms in total. The number of methoxy groups -OCH3 is 1. The fourth-order valence-corrected chi connectivity index (χ4v) is 5.77. The molecular formula is C39H70O4. The Balaban J connectivity index is 2.11. The second kappa shape index (κ2) is 30.3. The van der Waals surface area contributed by atoms with Crippen molar-refractivity contribution in [1.29, 1.82) is 0 Å². The summed E-state index contributed by atoms with van der Waals surface area (Å²) >= 11 is 0. The molecule has 0 saturated carbocycles. The molecule has 0 bridgehead atoms. The van der Waals surface area contributed by atoms with E-state index >= 15 is 0 Å². The van der Waals surface area contributed by atoms with Crippen LogP contribution in [0.3, 0.4) is 0 Å². The third-order valence-electron chi connectivity index (χ3n) is 8.58. The van der Waals surface area contributed by atoms with Gasteiger partial charge in [-0.15, -0.1) is 0 Å². The number of esters is 1. The molecule has 0 N–H and O–H groups in total. The topological polar surface area (TPSA) is 44.8 Å². The predicted molar refractivity (Wildman–Crippen MR) is 185 cm³/mol. The molecule has 250 valence electrons. The standard InChI is InChI=1S/C39H70O4/c1-4-6-8-10-12-14-16-17-18-19-20-22-24-26-28-30-32-43-38-34-36(39(40)41-3)33-37(35-38)42-31-29-27-25-23-21-15-13-11-9-7-5-2/h33-35H,4-32H2,1-3H3. The number of hydrogen-bond donors (Lipinski definition) is 0. The average molecular weight is 603 g/mol. The van der Waals surface area contributed by atoms with Gasteiger partial charge in [-0.1, -0.05) is 174 Å². The second-order valence-corrected chi connectivity index (χ2v) is 12.7. The van der Waals surface area contributed by atoms with Gasteiger partial charge in [0.25, 0.3) is 0 Å². The highest BCUT2D eigenvalue weighted by Crippen LogP contribution is 2.25. The van der Waals surface area contributed by atoms with Crippen LogP contribution in [-0.2, 0) is 4.74 Å². The predicted octanol–water partition coefficient (Wildman–Crippen LogP) is 12.8. The van der Waals surface area contributed by atoms with Crippen molar-refractivity contribution >= 4 is 5.97 Å². The largest absolute Gasteiger partial charge is 0.493 e. The van der Waals surface area contributed by atoms with Gasteiger partial charge in [-0.2, -0.15) is 0 Å². The first-order valence-electron chi connectivity index (χ1n) is 18.7. The summed E-state index contributed by atoms with van der Waals surface area (Å²) in [7, 11) is 1.41. The lowest BCUT2D eigenvalue weighted by molar-refractivity contribution is 0.0599. The molecule has 43 heavy (non-hydrogen) atoms. The van der Waals surface area contributed by atoms with Crippen molar-refractivity contribution in [2.75, 3.05) is 20.3 Å². The Kier molecular flexibility index (Phi) is 27.7. The molecule has 0 aliphatic carbocycles. The first kappa shape index (κ1) is 39.3. The second-order valence-electron chi connectivity index (χ2n) is 12.7. The Hall–Kier alpha value is -1.71. The Labute approximate surface area is 267 Å². The zero-order valence-electron chi connectivity index (χ0n) is 28.9. The number of rotatable bonds is 32. The van der Waals surface area contributed by atoms with Gasteiger partial charge in [0, 0.05) is 6.07 Å². The summed E-state index contributed by atoms with van der Waals surface area (Å²) in [6, 6.07) is 5.46. The minimum Gasteiger partial charge on any atom is -0.493 e. The monoisotopic (exact) mass is 603 g/mol. The van der Waals surface area contributed by atoms with Crippen LogP contribution in [0.2, 0.25) is 0 Å². The molecular weight excluding hydrogens is 532 g/mol. The Morgan fingerprint density at radius 3 is 1.00 bits per heavy atom.